The van der Waals surface area contributed by atoms with Crippen LogP contribution in [0, 0.1) is 0 Å². The Kier molecular flexibility index (Phi) is 6.17. The maximum Gasteiger partial charge on any atom is 0.269 e. The van der Waals surface area contributed by atoms with Crippen LogP contribution in [0.15, 0.2) is 42.5 Å². The summed E-state index contributed by atoms with van der Waals surface area (Å²) < 4.78 is 0. The Morgan fingerprint density at radius 3 is 2.10 bits per heavy atom. The molecule has 1 aliphatic heterocycles. The highest BCUT2D eigenvalue weighted by atomic mass is 16.3. The van der Waals surface area contributed by atoms with E-state index in [1.54, 1.807) is 30.3 Å². The number of hydrogen-bond acceptors (Lipinski definition) is 5. The summed E-state index contributed by atoms with van der Waals surface area (Å²) in [5, 5.41) is 11.0. The maximum absolute atomic E-state index is 13.0. The molecular formula is C24H26N2O4. The fraction of sp³-hybridized carbons (Fsp3) is 0.292. The van der Waals surface area contributed by atoms with Crippen LogP contribution < -0.4 is 4.90 Å². The summed E-state index contributed by atoms with van der Waals surface area (Å²) in [7, 11) is 0. The molecule has 156 valence electrons. The minimum absolute atomic E-state index is 0.0276. The number of Topliss-reactive ketones (excluding diaryl/α,β-unsaturated/α-hetero) is 1. The van der Waals surface area contributed by atoms with Crippen molar-refractivity contribution in [3.8, 4) is 0 Å². The van der Waals surface area contributed by atoms with Gasteiger partial charge in [0.2, 0.25) is 5.91 Å². The summed E-state index contributed by atoms with van der Waals surface area (Å²) in [5.41, 5.74) is 2.77. The Morgan fingerprint density at radius 1 is 0.967 bits per heavy atom. The molecule has 3 rings (SSSR count). The number of hydrogen-bond donors (Lipinski definition) is 1. The van der Waals surface area contributed by atoms with Gasteiger partial charge in [0.25, 0.3) is 5.91 Å². The summed E-state index contributed by atoms with van der Waals surface area (Å²) in [6.07, 6.45) is 0. The number of fused-ring (bicyclic) bond motifs is 1. The lowest BCUT2D eigenvalue weighted by molar-refractivity contribution is -0.122. The predicted octanol–water partition coefficient (Wildman–Crippen LogP) is 4.05. The summed E-state index contributed by atoms with van der Waals surface area (Å²) in [6.45, 7) is 9.62. The normalized spacial score (nSPS) is 14.8. The lowest BCUT2D eigenvalue weighted by Gasteiger charge is -2.18. The van der Waals surface area contributed by atoms with E-state index >= 15 is 0 Å². The van der Waals surface area contributed by atoms with Gasteiger partial charge in [0.1, 0.15) is 5.76 Å². The standard InChI is InChI=1S/C24H26N2O4/c1-5-25(6-2)14-17-7-9-18(10-8-17)23(29)22-20-13-19(15(3)27)11-12-21(20)26(16(4)28)24(22)30/h7-13,29H,5-6,14H2,1-4H3. The number of carbonyl (C=O) groups is 3. The number of imide groups is 1. The third-order valence-electron chi connectivity index (χ3n) is 5.41. The van der Waals surface area contributed by atoms with Crippen molar-refractivity contribution < 1.29 is 19.5 Å². The fourth-order valence-electron chi connectivity index (χ4n) is 3.65. The number of aliphatic hydroxyl groups is 1. The molecule has 6 nitrogen and oxygen atoms in total. The van der Waals surface area contributed by atoms with E-state index in [2.05, 4.69) is 18.7 Å². The molecule has 0 radical (unpaired) electrons. The van der Waals surface area contributed by atoms with E-state index < -0.39 is 11.8 Å². The molecule has 0 saturated carbocycles. The molecule has 0 atom stereocenters. The third-order valence-corrected chi connectivity index (χ3v) is 5.41. The van der Waals surface area contributed by atoms with Gasteiger partial charge in [-0.3, -0.25) is 19.3 Å². The minimum Gasteiger partial charge on any atom is -0.506 e. The molecule has 0 bridgehead atoms. The van der Waals surface area contributed by atoms with Crippen LogP contribution in [0.1, 0.15) is 54.7 Å². The molecule has 0 fully saturated rings. The van der Waals surface area contributed by atoms with Crippen molar-refractivity contribution in [1.29, 1.82) is 0 Å². The minimum atomic E-state index is -0.595. The molecule has 1 aliphatic rings. The highest BCUT2D eigenvalue weighted by Gasteiger charge is 2.38. The van der Waals surface area contributed by atoms with E-state index in [0.717, 1.165) is 30.1 Å². The maximum atomic E-state index is 13.0. The van der Waals surface area contributed by atoms with Gasteiger partial charge in [-0.25, -0.2) is 4.90 Å². The van der Waals surface area contributed by atoms with E-state index in [-0.39, 0.29) is 17.1 Å². The zero-order valence-electron chi connectivity index (χ0n) is 17.7. The van der Waals surface area contributed by atoms with Crippen LogP contribution in [-0.2, 0) is 16.1 Å². The largest absolute Gasteiger partial charge is 0.506 e. The Labute approximate surface area is 176 Å². The second-order valence-electron chi connectivity index (χ2n) is 7.33. The molecule has 0 saturated heterocycles. The molecule has 2 aromatic carbocycles. The smallest absolute Gasteiger partial charge is 0.269 e. The SMILES string of the molecule is CCN(CC)Cc1ccc(C(O)=C2C(=O)N(C(C)=O)c3ccc(C(C)=O)cc32)cc1. The third kappa shape index (κ3) is 3.91. The van der Waals surface area contributed by atoms with Crippen molar-refractivity contribution in [2.75, 3.05) is 18.0 Å². The van der Waals surface area contributed by atoms with Crippen molar-refractivity contribution in [2.24, 2.45) is 0 Å². The van der Waals surface area contributed by atoms with Crippen LogP contribution in [0.4, 0.5) is 5.69 Å². The van der Waals surface area contributed by atoms with Crippen molar-refractivity contribution in [3.05, 3.63) is 64.7 Å². The van der Waals surface area contributed by atoms with Gasteiger partial charge < -0.3 is 5.11 Å². The molecular weight excluding hydrogens is 380 g/mol. The number of benzene rings is 2. The van der Waals surface area contributed by atoms with Gasteiger partial charge in [-0.05, 0) is 43.8 Å². The number of rotatable bonds is 6. The molecule has 6 heteroatoms. The van der Waals surface area contributed by atoms with Gasteiger partial charge in [-0.2, -0.15) is 0 Å². The Bertz CT molecular complexity index is 1030. The monoisotopic (exact) mass is 406 g/mol. The zero-order valence-corrected chi connectivity index (χ0v) is 17.7. The van der Waals surface area contributed by atoms with Crippen molar-refractivity contribution in [2.45, 2.75) is 34.2 Å². The van der Waals surface area contributed by atoms with Crippen LogP contribution in [0.2, 0.25) is 0 Å². The first kappa shape index (κ1) is 21.5. The Hall–Kier alpha value is -3.25. The first-order valence-electron chi connectivity index (χ1n) is 10.0. The van der Waals surface area contributed by atoms with Crippen molar-refractivity contribution in [3.63, 3.8) is 0 Å². The van der Waals surface area contributed by atoms with Gasteiger partial charge >= 0.3 is 0 Å². The van der Waals surface area contributed by atoms with Crippen molar-refractivity contribution in [1.82, 2.24) is 4.90 Å². The quantitative estimate of drug-likeness (QED) is 0.445. The van der Waals surface area contributed by atoms with E-state index in [1.807, 2.05) is 12.1 Å². The van der Waals surface area contributed by atoms with Crippen LogP contribution in [-0.4, -0.2) is 40.7 Å². The molecule has 0 unspecified atom stereocenters. The second-order valence-corrected chi connectivity index (χ2v) is 7.33. The second kappa shape index (κ2) is 8.63. The Morgan fingerprint density at radius 2 is 1.57 bits per heavy atom. The van der Waals surface area contributed by atoms with Crippen molar-refractivity contribution >= 4 is 34.6 Å². The summed E-state index contributed by atoms with van der Waals surface area (Å²) >= 11 is 0. The molecule has 2 amide bonds. The molecule has 0 aromatic heterocycles. The van der Waals surface area contributed by atoms with E-state index in [1.165, 1.54) is 13.8 Å². The molecule has 0 spiro atoms. The molecule has 1 N–H and O–H groups in total. The van der Waals surface area contributed by atoms with E-state index in [9.17, 15) is 19.5 Å². The average molecular weight is 406 g/mol. The van der Waals surface area contributed by atoms with Crippen LogP contribution in [0.25, 0.3) is 11.3 Å². The zero-order chi connectivity index (χ0) is 22.0. The number of amides is 2. The number of carbonyl (C=O) groups excluding carboxylic acids is 3. The van der Waals surface area contributed by atoms with Crippen LogP contribution >= 0.6 is 0 Å². The molecule has 2 aromatic rings. The summed E-state index contributed by atoms with van der Waals surface area (Å²) in [4.78, 5) is 40.2. The highest BCUT2D eigenvalue weighted by Crippen LogP contribution is 2.40. The Balaban J connectivity index is 2.07. The van der Waals surface area contributed by atoms with Crippen LogP contribution in [0.3, 0.4) is 0 Å². The number of nitrogens with zero attached hydrogens (tertiary/aromatic N) is 2. The van der Waals surface area contributed by atoms with Crippen LogP contribution in [0.5, 0.6) is 0 Å². The first-order chi connectivity index (χ1) is 14.3. The fourth-order valence-corrected chi connectivity index (χ4v) is 3.65. The number of anilines is 1. The summed E-state index contributed by atoms with van der Waals surface area (Å²) in [5.74, 6) is -1.41. The lowest BCUT2D eigenvalue weighted by Crippen LogP contribution is -2.31. The van der Waals surface area contributed by atoms with Gasteiger partial charge in [0.15, 0.2) is 5.78 Å². The average Bonchev–Trinajstić information content (AvgIpc) is 3.02. The molecule has 30 heavy (non-hydrogen) atoms. The van der Waals surface area contributed by atoms with Gasteiger partial charge in [0, 0.05) is 30.2 Å². The van der Waals surface area contributed by atoms with Gasteiger partial charge in [-0.15, -0.1) is 0 Å². The summed E-state index contributed by atoms with van der Waals surface area (Å²) in [6, 6.07) is 12.1. The number of ketones is 1. The van der Waals surface area contributed by atoms with Gasteiger partial charge in [-0.1, -0.05) is 38.1 Å². The predicted molar refractivity (Wildman–Crippen MR) is 117 cm³/mol. The topological polar surface area (TPSA) is 77.9 Å². The molecule has 1 heterocycles. The van der Waals surface area contributed by atoms with Gasteiger partial charge in [0.05, 0.1) is 11.3 Å². The lowest BCUT2D eigenvalue weighted by atomic mass is 9.98. The van der Waals surface area contributed by atoms with E-state index in [0.29, 0.717) is 22.4 Å². The molecule has 0 aliphatic carbocycles. The first-order valence-corrected chi connectivity index (χ1v) is 10.0. The van der Waals surface area contributed by atoms with E-state index in [4.69, 9.17) is 0 Å². The highest BCUT2D eigenvalue weighted by molar-refractivity contribution is 6.42. The number of aliphatic hydroxyl groups excluding tert-OH is 1.